The minimum atomic E-state index is 0.423. The smallest absolute Gasteiger partial charge is 0.162 e. The number of nitrogens with one attached hydrogen (secondary N) is 1. The van der Waals surface area contributed by atoms with Gasteiger partial charge in [-0.2, -0.15) is 0 Å². The average molecular weight is 357 g/mol. The minimum Gasteiger partial charge on any atom is -0.493 e. The molecule has 0 saturated heterocycles. The minimum absolute atomic E-state index is 0.423. The molecule has 0 spiro atoms. The number of hydrogen-bond donors (Lipinski definition) is 2. The Balaban J connectivity index is 1.68. The number of hydrogen-bond acceptors (Lipinski definition) is 2. The number of methoxy groups -OCH3 is 2. The summed E-state index contributed by atoms with van der Waals surface area (Å²) in [4.78, 5) is 1.43. The highest BCUT2D eigenvalue weighted by Crippen LogP contribution is 2.29. The fourth-order valence-electron chi connectivity index (χ4n) is 4.03. The predicted octanol–water partition coefficient (Wildman–Crippen LogP) is 1.01. The van der Waals surface area contributed by atoms with Crippen LogP contribution in [0.5, 0.6) is 11.5 Å². The SMILES string of the molecule is COc1ccc([C@H](C[NH2+][C@@H]2CCc3ccccc3C2)[NH+](C)C)cc1OC. The van der Waals surface area contributed by atoms with Crippen LogP contribution in [0.4, 0.5) is 0 Å². The van der Waals surface area contributed by atoms with E-state index in [-0.39, 0.29) is 0 Å². The van der Waals surface area contributed by atoms with Gasteiger partial charge in [0.05, 0.1) is 34.4 Å². The molecule has 140 valence electrons. The number of likely N-dealkylation sites (N-methyl/N-ethyl adjacent to an activating group) is 1. The zero-order valence-electron chi connectivity index (χ0n) is 16.4. The van der Waals surface area contributed by atoms with E-state index in [9.17, 15) is 0 Å². The second-order valence-electron chi connectivity index (χ2n) is 7.49. The first-order valence-corrected chi connectivity index (χ1v) is 9.54. The second kappa shape index (κ2) is 8.56. The Labute approximate surface area is 157 Å². The van der Waals surface area contributed by atoms with Crippen molar-refractivity contribution in [3.8, 4) is 11.5 Å². The molecule has 0 saturated carbocycles. The van der Waals surface area contributed by atoms with Crippen molar-refractivity contribution >= 4 is 0 Å². The molecule has 2 aromatic rings. The Hall–Kier alpha value is -2.04. The van der Waals surface area contributed by atoms with Gasteiger partial charge in [-0.15, -0.1) is 0 Å². The van der Waals surface area contributed by atoms with E-state index >= 15 is 0 Å². The van der Waals surface area contributed by atoms with Gasteiger partial charge in [0.2, 0.25) is 0 Å². The van der Waals surface area contributed by atoms with Crippen molar-refractivity contribution in [1.29, 1.82) is 0 Å². The molecular formula is C22H32N2O2+2. The van der Waals surface area contributed by atoms with Crippen molar-refractivity contribution in [3.63, 3.8) is 0 Å². The highest BCUT2D eigenvalue weighted by molar-refractivity contribution is 5.43. The summed E-state index contributed by atoms with van der Waals surface area (Å²) in [6.07, 6.45) is 3.64. The number of ether oxygens (including phenoxy) is 2. The number of quaternary nitrogens is 2. The lowest BCUT2D eigenvalue weighted by Gasteiger charge is -2.26. The van der Waals surface area contributed by atoms with E-state index in [0.29, 0.717) is 12.1 Å². The molecule has 3 rings (SSSR count). The van der Waals surface area contributed by atoms with Gasteiger partial charge in [0.15, 0.2) is 17.5 Å². The monoisotopic (exact) mass is 356 g/mol. The normalized spacial score (nSPS) is 17.7. The number of rotatable bonds is 7. The van der Waals surface area contributed by atoms with Crippen LogP contribution in [-0.2, 0) is 12.8 Å². The quantitative estimate of drug-likeness (QED) is 0.777. The van der Waals surface area contributed by atoms with Gasteiger partial charge in [-0.05, 0) is 35.7 Å². The summed E-state index contributed by atoms with van der Waals surface area (Å²) in [5.74, 6) is 1.60. The van der Waals surface area contributed by atoms with Crippen LogP contribution in [0, 0.1) is 0 Å². The van der Waals surface area contributed by atoms with Crippen molar-refractivity contribution in [3.05, 3.63) is 59.2 Å². The van der Waals surface area contributed by atoms with Gasteiger partial charge in [-0.1, -0.05) is 24.3 Å². The Bertz CT molecular complexity index is 730. The van der Waals surface area contributed by atoms with Gasteiger partial charge >= 0.3 is 0 Å². The Morgan fingerprint density at radius 1 is 1.04 bits per heavy atom. The lowest BCUT2D eigenvalue weighted by Crippen LogP contribution is -3.10. The molecule has 26 heavy (non-hydrogen) atoms. The molecule has 3 N–H and O–H groups in total. The third-order valence-electron chi connectivity index (χ3n) is 5.60. The highest BCUT2D eigenvalue weighted by Gasteiger charge is 2.26. The molecule has 1 aliphatic rings. The maximum Gasteiger partial charge on any atom is 0.162 e. The van der Waals surface area contributed by atoms with Gasteiger partial charge in [-0.3, -0.25) is 0 Å². The van der Waals surface area contributed by atoms with Crippen molar-refractivity contribution < 1.29 is 19.7 Å². The molecule has 0 aliphatic heterocycles. The molecule has 1 aliphatic carbocycles. The van der Waals surface area contributed by atoms with Gasteiger partial charge in [-0.25, -0.2) is 0 Å². The molecule has 4 nitrogen and oxygen atoms in total. The van der Waals surface area contributed by atoms with Crippen LogP contribution in [0.2, 0.25) is 0 Å². The summed E-state index contributed by atoms with van der Waals surface area (Å²) in [7, 11) is 7.84. The zero-order valence-corrected chi connectivity index (χ0v) is 16.4. The first-order chi connectivity index (χ1) is 12.6. The molecule has 0 aromatic heterocycles. The fraction of sp³-hybridized carbons (Fsp3) is 0.455. The maximum atomic E-state index is 5.50. The van der Waals surface area contributed by atoms with E-state index in [4.69, 9.17) is 9.47 Å². The Morgan fingerprint density at radius 2 is 1.77 bits per heavy atom. The summed E-state index contributed by atoms with van der Waals surface area (Å²) >= 11 is 0. The van der Waals surface area contributed by atoms with Crippen molar-refractivity contribution in [2.24, 2.45) is 0 Å². The number of aryl methyl sites for hydroxylation is 1. The maximum absolute atomic E-state index is 5.50. The van der Waals surface area contributed by atoms with Gasteiger partial charge < -0.3 is 19.7 Å². The van der Waals surface area contributed by atoms with E-state index < -0.39 is 0 Å². The van der Waals surface area contributed by atoms with Crippen LogP contribution in [0.1, 0.15) is 29.2 Å². The molecule has 0 heterocycles. The van der Waals surface area contributed by atoms with Crippen LogP contribution in [0.3, 0.4) is 0 Å². The summed E-state index contributed by atoms with van der Waals surface area (Å²) in [6, 6.07) is 16.3. The van der Waals surface area contributed by atoms with Gasteiger partial charge in [0.1, 0.15) is 6.54 Å². The van der Waals surface area contributed by atoms with Crippen LogP contribution in [0.25, 0.3) is 0 Å². The largest absolute Gasteiger partial charge is 0.493 e. The van der Waals surface area contributed by atoms with Crippen LogP contribution in [0.15, 0.2) is 42.5 Å². The van der Waals surface area contributed by atoms with Crippen LogP contribution < -0.4 is 19.7 Å². The summed E-state index contributed by atoms with van der Waals surface area (Å²) in [5, 5.41) is 2.55. The third-order valence-corrected chi connectivity index (χ3v) is 5.60. The molecule has 2 aromatic carbocycles. The van der Waals surface area contributed by atoms with Crippen molar-refractivity contribution in [1.82, 2.24) is 0 Å². The highest BCUT2D eigenvalue weighted by atomic mass is 16.5. The van der Waals surface area contributed by atoms with Gasteiger partial charge in [0.25, 0.3) is 0 Å². The lowest BCUT2D eigenvalue weighted by atomic mass is 9.88. The molecule has 0 radical (unpaired) electrons. The van der Waals surface area contributed by atoms with E-state index in [0.717, 1.165) is 18.0 Å². The first-order valence-electron chi connectivity index (χ1n) is 9.54. The van der Waals surface area contributed by atoms with Crippen molar-refractivity contribution in [2.75, 3.05) is 34.9 Å². The van der Waals surface area contributed by atoms with Crippen LogP contribution in [-0.4, -0.2) is 40.9 Å². The Morgan fingerprint density at radius 3 is 2.46 bits per heavy atom. The summed E-state index contributed by atoms with van der Waals surface area (Å²) in [6.45, 7) is 1.07. The zero-order chi connectivity index (χ0) is 18.5. The van der Waals surface area contributed by atoms with Crippen LogP contribution >= 0.6 is 0 Å². The molecular weight excluding hydrogens is 324 g/mol. The lowest BCUT2D eigenvalue weighted by molar-refractivity contribution is -0.911. The Kier molecular flexibility index (Phi) is 6.17. The fourth-order valence-corrected chi connectivity index (χ4v) is 4.03. The number of fused-ring (bicyclic) bond motifs is 1. The topological polar surface area (TPSA) is 39.5 Å². The number of benzene rings is 2. The summed E-state index contributed by atoms with van der Waals surface area (Å²) < 4.78 is 10.9. The van der Waals surface area contributed by atoms with E-state index in [1.54, 1.807) is 14.2 Å². The predicted molar refractivity (Wildman–Crippen MR) is 104 cm³/mol. The van der Waals surface area contributed by atoms with Gasteiger partial charge in [0, 0.05) is 18.4 Å². The molecule has 4 heteroatoms. The molecule has 0 amide bonds. The molecule has 2 atom stereocenters. The summed E-state index contributed by atoms with van der Waals surface area (Å²) in [5.41, 5.74) is 4.36. The molecule has 0 bridgehead atoms. The average Bonchev–Trinajstić information content (AvgIpc) is 2.67. The number of nitrogens with two attached hydrogens (primary N) is 1. The third kappa shape index (κ3) is 4.19. The second-order valence-corrected chi connectivity index (χ2v) is 7.49. The van der Waals surface area contributed by atoms with E-state index in [1.807, 2.05) is 6.07 Å². The molecule has 0 unspecified atom stereocenters. The standard InChI is InChI=1S/C22H30N2O2/c1-24(2)20(18-10-12-21(25-3)22(14-18)26-4)15-23-19-11-9-16-7-5-6-8-17(16)13-19/h5-8,10,12,14,19-20,23H,9,11,13,15H2,1-4H3/p+2/t19-,20+/m1/s1. The van der Waals surface area contributed by atoms with E-state index in [2.05, 4.69) is 55.8 Å². The molecule has 0 fully saturated rings. The first kappa shape index (κ1) is 18.7. The van der Waals surface area contributed by atoms with E-state index in [1.165, 1.54) is 40.9 Å². The van der Waals surface area contributed by atoms with Crippen molar-refractivity contribution in [2.45, 2.75) is 31.3 Å².